The van der Waals surface area contributed by atoms with Gasteiger partial charge in [0.1, 0.15) is 0 Å². The minimum Gasteiger partial charge on any atom is -0.103 e. The lowest BCUT2D eigenvalue weighted by Crippen LogP contribution is -1.71. The van der Waals surface area contributed by atoms with Crippen LogP contribution in [-0.4, -0.2) is 0 Å². The zero-order valence-corrected chi connectivity index (χ0v) is 7.33. The summed E-state index contributed by atoms with van der Waals surface area (Å²) in [6.45, 7) is 7.77. The zero-order chi connectivity index (χ0) is 8.53. The normalized spacial score (nSPS) is 8.27. The smallest absolute Gasteiger partial charge is 0.0293 e. The number of hydrogen-bond donors (Lipinski definition) is 0. The van der Waals surface area contributed by atoms with Crippen LogP contribution in [0.3, 0.4) is 0 Å². The van der Waals surface area contributed by atoms with Gasteiger partial charge in [-0.05, 0) is 5.92 Å². The van der Waals surface area contributed by atoms with Crippen LogP contribution < -0.4 is 0 Å². The third-order valence-electron chi connectivity index (χ3n) is 1.14. The lowest BCUT2D eigenvalue weighted by Gasteiger charge is -1.84. The van der Waals surface area contributed by atoms with Gasteiger partial charge in [0.05, 0.1) is 0 Å². The highest BCUT2D eigenvalue weighted by Gasteiger charge is 1.73. The molecule has 0 atom stereocenters. The van der Waals surface area contributed by atoms with Crippen molar-refractivity contribution in [2.75, 3.05) is 0 Å². The van der Waals surface area contributed by atoms with Crippen molar-refractivity contribution in [1.82, 2.24) is 0 Å². The number of allylic oxidation sites excluding steroid dienone is 1. The van der Waals surface area contributed by atoms with Crippen LogP contribution in [0.1, 0.15) is 13.8 Å². The van der Waals surface area contributed by atoms with Crippen molar-refractivity contribution in [3.05, 3.63) is 49.1 Å². The Bertz CT molecular complexity index is 136. The van der Waals surface area contributed by atoms with Gasteiger partial charge >= 0.3 is 0 Å². The molecule has 0 aliphatic heterocycles. The fraction of sp³-hybridized carbons (Fsp3) is 0.273. The van der Waals surface area contributed by atoms with E-state index in [9.17, 15) is 0 Å². The van der Waals surface area contributed by atoms with E-state index >= 15 is 0 Å². The summed E-state index contributed by atoms with van der Waals surface area (Å²) in [6.07, 6.45) is 1.92. The Morgan fingerprint density at radius 3 is 1.18 bits per heavy atom. The summed E-state index contributed by atoms with van der Waals surface area (Å²) >= 11 is 0. The van der Waals surface area contributed by atoms with Crippen molar-refractivity contribution in [2.45, 2.75) is 13.8 Å². The summed E-state index contributed by atoms with van der Waals surface area (Å²) in [5.41, 5.74) is 0. The lowest BCUT2D eigenvalue weighted by atomic mass is 10.2. The molecule has 0 spiro atoms. The van der Waals surface area contributed by atoms with Gasteiger partial charge in [-0.1, -0.05) is 56.3 Å². The molecule has 0 nitrogen and oxygen atoms in total. The average Bonchev–Trinajstić information content (AvgIpc) is 2.09. The molecular weight excluding hydrogens is 132 g/mol. The molecule has 0 aliphatic carbocycles. The molecular formula is C11H16. The van der Waals surface area contributed by atoms with E-state index in [0.29, 0.717) is 5.92 Å². The van der Waals surface area contributed by atoms with Gasteiger partial charge in [0, 0.05) is 0 Å². The van der Waals surface area contributed by atoms with E-state index < -0.39 is 0 Å². The van der Waals surface area contributed by atoms with Crippen molar-refractivity contribution >= 4 is 0 Å². The van der Waals surface area contributed by atoms with Gasteiger partial charge in [0.25, 0.3) is 0 Å². The van der Waals surface area contributed by atoms with Crippen LogP contribution in [0.5, 0.6) is 0 Å². The van der Waals surface area contributed by atoms with E-state index in [-0.39, 0.29) is 0 Å². The number of hydrogen-bond acceptors (Lipinski definition) is 0. The van der Waals surface area contributed by atoms with Gasteiger partial charge in [-0.15, -0.1) is 6.58 Å². The van der Waals surface area contributed by atoms with Crippen LogP contribution in [0.4, 0.5) is 0 Å². The highest BCUT2D eigenvalue weighted by Crippen LogP contribution is 1.87. The molecule has 1 rings (SSSR count). The van der Waals surface area contributed by atoms with Gasteiger partial charge in [-0.2, -0.15) is 0 Å². The summed E-state index contributed by atoms with van der Waals surface area (Å²) in [5.74, 6) is 0.648. The van der Waals surface area contributed by atoms with Crippen LogP contribution in [0.2, 0.25) is 0 Å². The molecule has 0 bridgehead atoms. The fourth-order valence-electron chi connectivity index (χ4n) is 0.385. The van der Waals surface area contributed by atoms with Crippen LogP contribution in [0, 0.1) is 5.92 Å². The standard InChI is InChI=1S/C6H6.C5H10/c1-2-4-6-5-3-1;1-4-5(2)3/h1-6H;4-5H,1H2,2-3H3. The second-order valence-electron chi connectivity index (χ2n) is 2.63. The van der Waals surface area contributed by atoms with Crippen molar-refractivity contribution < 1.29 is 0 Å². The van der Waals surface area contributed by atoms with E-state index in [2.05, 4.69) is 20.4 Å². The second kappa shape index (κ2) is 7.07. The van der Waals surface area contributed by atoms with E-state index in [1.165, 1.54) is 0 Å². The van der Waals surface area contributed by atoms with E-state index in [1.54, 1.807) is 0 Å². The first-order valence-electron chi connectivity index (χ1n) is 3.90. The van der Waals surface area contributed by atoms with Crippen LogP contribution in [-0.2, 0) is 0 Å². The monoisotopic (exact) mass is 148 g/mol. The molecule has 0 N–H and O–H groups in total. The summed E-state index contributed by atoms with van der Waals surface area (Å²) in [5, 5.41) is 0. The zero-order valence-electron chi connectivity index (χ0n) is 7.33. The van der Waals surface area contributed by atoms with E-state index in [4.69, 9.17) is 0 Å². The van der Waals surface area contributed by atoms with Gasteiger partial charge in [0.2, 0.25) is 0 Å². The molecule has 0 unspecified atom stereocenters. The molecule has 0 heterocycles. The SMILES string of the molecule is C=CC(C)C.c1ccccc1. The first-order valence-corrected chi connectivity index (χ1v) is 3.90. The van der Waals surface area contributed by atoms with Crippen molar-refractivity contribution in [3.63, 3.8) is 0 Å². The lowest BCUT2D eigenvalue weighted by molar-refractivity contribution is 0.835. The molecule has 0 radical (unpaired) electrons. The third-order valence-corrected chi connectivity index (χ3v) is 1.14. The summed E-state index contributed by atoms with van der Waals surface area (Å²) < 4.78 is 0. The minimum atomic E-state index is 0.648. The maximum atomic E-state index is 3.56. The van der Waals surface area contributed by atoms with Crippen molar-refractivity contribution in [2.24, 2.45) is 5.92 Å². The maximum Gasteiger partial charge on any atom is -0.0293 e. The topological polar surface area (TPSA) is 0 Å². The Morgan fingerprint density at radius 2 is 1.09 bits per heavy atom. The molecule has 0 aromatic heterocycles. The van der Waals surface area contributed by atoms with Crippen LogP contribution in [0.15, 0.2) is 49.1 Å². The van der Waals surface area contributed by atoms with Gasteiger partial charge in [-0.25, -0.2) is 0 Å². The molecule has 1 aromatic rings. The number of benzene rings is 1. The fourth-order valence-corrected chi connectivity index (χ4v) is 0.385. The molecule has 11 heavy (non-hydrogen) atoms. The largest absolute Gasteiger partial charge is 0.103 e. The van der Waals surface area contributed by atoms with Crippen LogP contribution in [0.25, 0.3) is 0 Å². The number of rotatable bonds is 1. The average molecular weight is 148 g/mol. The first-order chi connectivity index (χ1) is 5.27. The Labute approximate surface area is 69.6 Å². The van der Waals surface area contributed by atoms with Crippen molar-refractivity contribution in [3.8, 4) is 0 Å². The Morgan fingerprint density at radius 1 is 0.909 bits per heavy atom. The first kappa shape index (κ1) is 9.96. The quantitative estimate of drug-likeness (QED) is 0.534. The molecule has 0 saturated heterocycles. The highest BCUT2D eigenvalue weighted by atomic mass is 13.8. The summed E-state index contributed by atoms with van der Waals surface area (Å²) in [7, 11) is 0. The molecule has 0 aliphatic rings. The second-order valence-corrected chi connectivity index (χ2v) is 2.63. The van der Waals surface area contributed by atoms with Crippen molar-refractivity contribution in [1.29, 1.82) is 0 Å². The molecule has 1 aromatic carbocycles. The predicted molar refractivity (Wildman–Crippen MR) is 51.5 cm³/mol. The van der Waals surface area contributed by atoms with E-state index in [1.807, 2.05) is 42.5 Å². The molecule has 0 saturated carbocycles. The molecule has 60 valence electrons. The molecule has 0 amide bonds. The summed E-state index contributed by atoms with van der Waals surface area (Å²) in [4.78, 5) is 0. The Kier molecular flexibility index (Phi) is 6.40. The molecule has 0 heteroatoms. The maximum absolute atomic E-state index is 3.56. The van der Waals surface area contributed by atoms with Gasteiger partial charge in [0.15, 0.2) is 0 Å². The van der Waals surface area contributed by atoms with E-state index in [0.717, 1.165) is 0 Å². The van der Waals surface area contributed by atoms with Crippen LogP contribution >= 0.6 is 0 Å². The predicted octanol–water partition coefficient (Wildman–Crippen LogP) is 3.52. The third kappa shape index (κ3) is 8.96. The van der Waals surface area contributed by atoms with Gasteiger partial charge in [-0.3, -0.25) is 0 Å². The Balaban J connectivity index is 0.000000187. The molecule has 0 fully saturated rings. The Hall–Kier alpha value is -1.04. The minimum absolute atomic E-state index is 0.648. The van der Waals surface area contributed by atoms with Gasteiger partial charge < -0.3 is 0 Å². The summed E-state index contributed by atoms with van der Waals surface area (Å²) in [6, 6.07) is 12.0. The highest BCUT2D eigenvalue weighted by molar-refractivity contribution is 4.99.